The maximum absolute atomic E-state index is 5.70. The normalized spacial score (nSPS) is 12.4. The molecule has 0 bridgehead atoms. The summed E-state index contributed by atoms with van der Waals surface area (Å²) in [6.07, 6.45) is 5.64. The molecule has 0 spiro atoms. The molecule has 0 fully saturated rings. The lowest BCUT2D eigenvalue weighted by atomic mass is 9.97. The van der Waals surface area contributed by atoms with E-state index in [0.29, 0.717) is 0 Å². The van der Waals surface area contributed by atoms with Crippen molar-refractivity contribution in [1.29, 1.82) is 0 Å². The van der Waals surface area contributed by atoms with Crippen LogP contribution in [0.1, 0.15) is 34.7 Å². The number of aromatic nitrogens is 1. The molecule has 3 nitrogen and oxygen atoms in total. The highest BCUT2D eigenvalue weighted by atomic mass is 15.2. The summed E-state index contributed by atoms with van der Waals surface area (Å²) in [7, 11) is 0. The van der Waals surface area contributed by atoms with Gasteiger partial charge in [-0.05, 0) is 43.9 Å². The van der Waals surface area contributed by atoms with Crippen molar-refractivity contribution in [2.45, 2.75) is 32.7 Å². The molecule has 3 N–H and O–H groups in total. The van der Waals surface area contributed by atoms with Crippen molar-refractivity contribution in [2.24, 2.45) is 5.84 Å². The number of hydrogen-bond acceptors (Lipinski definition) is 3. The van der Waals surface area contributed by atoms with Crippen molar-refractivity contribution >= 4 is 0 Å². The van der Waals surface area contributed by atoms with Crippen molar-refractivity contribution in [3.63, 3.8) is 0 Å². The molecule has 1 aromatic carbocycles. The van der Waals surface area contributed by atoms with Gasteiger partial charge in [0, 0.05) is 18.4 Å². The monoisotopic (exact) mass is 255 g/mol. The number of pyridine rings is 1. The van der Waals surface area contributed by atoms with Crippen LogP contribution in [0.2, 0.25) is 0 Å². The van der Waals surface area contributed by atoms with Crippen molar-refractivity contribution in [1.82, 2.24) is 10.4 Å². The molecule has 1 aromatic heterocycles. The predicted molar refractivity (Wildman–Crippen MR) is 78.5 cm³/mol. The second-order valence-electron chi connectivity index (χ2n) is 5.04. The van der Waals surface area contributed by atoms with E-state index in [-0.39, 0.29) is 6.04 Å². The summed E-state index contributed by atoms with van der Waals surface area (Å²) in [4.78, 5) is 4.14. The minimum Gasteiger partial charge on any atom is -0.271 e. The smallest absolute Gasteiger partial charge is 0.0463 e. The van der Waals surface area contributed by atoms with Gasteiger partial charge in [-0.3, -0.25) is 16.3 Å². The lowest BCUT2D eigenvalue weighted by Gasteiger charge is -2.17. The van der Waals surface area contributed by atoms with Gasteiger partial charge in [0.25, 0.3) is 0 Å². The van der Waals surface area contributed by atoms with Crippen LogP contribution in [-0.4, -0.2) is 4.98 Å². The van der Waals surface area contributed by atoms with Crippen molar-refractivity contribution < 1.29 is 0 Å². The topological polar surface area (TPSA) is 50.9 Å². The molecule has 1 atom stereocenters. The van der Waals surface area contributed by atoms with E-state index in [4.69, 9.17) is 5.84 Å². The highest BCUT2D eigenvalue weighted by Crippen LogP contribution is 2.21. The van der Waals surface area contributed by atoms with Gasteiger partial charge in [-0.1, -0.05) is 35.4 Å². The largest absolute Gasteiger partial charge is 0.271 e. The first-order chi connectivity index (χ1) is 9.19. The van der Waals surface area contributed by atoms with Crippen LogP contribution >= 0.6 is 0 Å². The van der Waals surface area contributed by atoms with E-state index in [0.717, 1.165) is 12.8 Å². The average molecular weight is 255 g/mol. The van der Waals surface area contributed by atoms with Gasteiger partial charge >= 0.3 is 0 Å². The van der Waals surface area contributed by atoms with Gasteiger partial charge in [-0.15, -0.1) is 0 Å². The van der Waals surface area contributed by atoms with Gasteiger partial charge in [-0.2, -0.15) is 0 Å². The van der Waals surface area contributed by atoms with E-state index in [1.54, 1.807) is 6.20 Å². The van der Waals surface area contributed by atoms with Crippen LogP contribution in [0.3, 0.4) is 0 Å². The molecule has 19 heavy (non-hydrogen) atoms. The van der Waals surface area contributed by atoms with E-state index in [1.165, 1.54) is 22.3 Å². The second kappa shape index (κ2) is 6.45. The zero-order valence-electron chi connectivity index (χ0n) is 11.6. The highest BCUT2D eigenvalue weighted by molar-refractivity contribution is 5.30. The molecule has 1 unspecified atom stereocenters. The minimum atomic E-state index is 0.179. The number of nitrogens with zero attached hydrogens (tertiary/aromatic N) is 1. The first-order valence-electron chi connectivity index (χ1n) is 6.62. The van der Waals surface area contributed by atoms with Crippen LogP contribution in [0.25, 0.3) is 0 Å². The molecular formula is C16H21N3. The molecule has 100 valence electrons. The molecule has 1 heterocycles. The fraction of sp³-hybridized carbons (Fsp3) is 0.312. The SMILES string of the molecule is Cc1cc(C)cc(C(CCc2cccnc2)NN)c1. The van der Waals surface area contributed by atoms with Crippen molar-refractivity contribution in [3.8, 4) is 0 Å². The number of hydrogen-bond donors (Lipinski definition) is 2. The lowest BCUT2D eigenvalue weighted by molar-refractivity contribution is 0.515. The fourth-order valence-electron chi connectivity index (χ4n) is 2.41. The molecule has 0 aliphatic heterocycles. The molecule has 0 saturated carbocycles. The fourth-order valence-corrected chi connectivity index (χ4v) is 2.41. The number of benzene rings is 1. The Kier molecular flexibility index (Phi) is 4.66. The molecule has 3 heteroatoms. The Morgan fingerprint density at radius 2 is 1.95 bits per heavy atom. The number of aryl methyl sites for hydroxylation is 3. The van der Waals surface area contributed by atoms with Crippen LogP contribution in [0.4, 0.5) is 0 Å². The third-order valence-corrected chi connectivity index (χ3v) is 3.29. The molecular weight excluding hydrogens is 234 g/mol. The zero-order chi connectivity index (χ0) is 13.7. The second-order valence-corrected chi connectivity index (χ2v) is 5.04. The zero-order valence-corrected chi connectivity index (χ0v) is 11.6. The molecule has 2 rings (SSSR count). The Morgan fingerprint density at radius 3 is 2.53 bits per heavy atom. The number of rotatable bonds is 5. The van der Waals surface area contributed by atoms with Crippen LogP contribution in [0.15, 0.2) is 42.7 Å². The first kappa shape index (κ1) is 13.7. The molecule has 0 radical (unpaired) electrons. The van der Waals surface area contributed by atoms with Crippen LogP contribution in [-0.2, 0) is 6.42 Å². The summed E-state index contributed by atoms with van der Waals surface area (Å²) < 4.78 is 0. The van der Waals surface area contributed by atoms with E-state index in [2.05, 4.69) is 48.5 Å². The third kappa shape index (κ3) is 3.88. The Hall–Kier alpha value is -1.71. The summed E-state index contributed by atoms with van der Waals surface area (Å²) in [6, 6.07) is 10.8. The van der Waals surface area contributed by atoms with Crippen LogP contribution in [0, 0.1) is 13.8 Å². The Balaban J connectivity index is 2.07. The summed E-state index contributed by atoms with van der Waals surface area (Å²) >= 11 is 0. The lowest BCUT2D eigenvalue weighted by Crippen LogP contribution is -2.28. The summed E-state index contributed by atoms with van der Waals surface area (Å²) in [5.74, 6) is 5.70. The summed E-state index contributed by atoms with van der Waals surface area (Å²) in [5.41, 5.74) is 7.97. The Bertz CT molecular complexity index is 503. The van der Waals surface area contributed by atoms with Crippen molar-refractivity contribution in [2.75, 3.05) is 0 Å². The van der Waals surface area contributed by atoms with E-state index < -0.39 is 0 Å². The molecule has 0 aliphatic rings. The highest BCUT2D eigenvalue weighted by Gasteiger charge is 2.10. The molecule has 2 aromatic rings. The maximum atomic E-state index is 5.70. The quantitative estimate of drug-likeness (QED) is 0.638. The van der Waals surface area contributed by atoms with Gasteiger partial charge in [0.15, 0.2) is 0 Å². The van der Waals surface area contributed by atoms with E-state index in [1.807, 2.05) is 12.3 Å². The van der Waals surface area contributed by atoms with Crippen molar-refractivity contribution in [3.05, 3.63) is 65.0 Å². The predicted octanol–water partition coefficient (Wildman–Crippen LogP) is 2.84. The summed E-state index contributed by atoms with van der Waals surface area (Å²) in [5, 5.41) is 0. The van der Waals surface area contributed by atoms with Crippen LogP contribution < -0.4 is 11.3 Å². The molecule has 0 amide bonds. The van der Waals surface area contributed by atoms with Gasteiger partial charge in [-0.25, -0.2) is 0 Å². The van der Waals surface area contributed by atoms with E-state index >= 15 is 0 Å². The third-order valence-electron chi connectivity index (χ3n) is 3.29. The first-order valence-corrected chi connectivity index (χ1v) is 6.62. The molecule has 0 aliphatic carbocycles. The van der Waals surface area contributed by atoms with Gasteiger partial charge in [0.2, 0.25) is 0 Å². The average Bonchev–Trinajstić information content (AvgIpc) is 2.39. The van der Waals surface area contributed by atoms with Gasteiger partial charge in [0.05, 0.1) is 0 Å². The van der Waals surface area contributed by atoms with Gasteiger partial charge in [0.1, 0.15) is 0 Å². The number of nitrogens with two attached hydrogens (primary N) is 1. The van der Waals surface area contributed by atoms with Crippen LogP contribution in [0.5, 0.6) is 0 Å². The Morgan fingerprint density at radius 1 is 1.21 bits per heavy atom. The summed E-state index contributed by atoms with van der Waals surface area (Å²) in [6.45, 7) is 4.23. The maximum Gasteiger partial charge on any atom is 0.0463 e. The standard InChI is InChI=1S/C16H21N3/c1-12-8-13(2)10-15(9-12)16(19-17)6-5-14-4-3-7-18-11-14/h3-4,7-11,16,19H,5-6,17H2,1-2H3. The number of hydrazine groups is 1. The van der Waals surface area contributed by atoms with E-state index in [9.17, 15) is 0 Å². The molecule has 0 saturated heterocycles. The number of nitrogens with one attached hydrogen (secondary N) is 1. The Labute approximate surface area is 114 Å². The minimum absolute atomic E-state index is 0.179. The van der Waals surface area contributed by atoms with Gasteiger partial charge < -0.3 is 0 Å².